The minimum Gasteiger partial charge on any atom is -0.481 e. The number of nitrogens with two attached hydrogens (primary N) is 1. The molecule has 0 saturated carbocycles. The summed E-state index contributed by atoms with van der Waals surface area (Å²) in [5.74, 6) is -1.02. The fraction of sp³-hybridized carbons (Fsp3) is 0.818. The molecular formula is C11H21N3O3. The van der Waals surface area contributed by atoms with E-state index in [1.54, 1.807) is 6.92 Å². The van der Waals surface area contributed by atoms with Gasteiger partial charge in [-0.25, -0.2) is 0 Å². The van der Waals surface area contributed by atoms with Gasteiger partial charge in [0.25, 0.3) is 0 Å². The second-order valence-electron chi connectivity index (χ2n) is 4.68. The van der Waals surface area contributed by atoms with Crippen LogP contribution in [0.15, 0.2) is 0 Å². The fourth-order valence-electron chi connectivity index (χ4n) is 1.95. The molecule has 6 nitrogen and oxygen atoms in total. The standard InChI is InChI=1S/C11H21N3O3/c1-8(6-11(16)17)13-10(15)7-14-4-2-9(12)3-5-14/h8-9H,2-7,12H2,1H3,(H,13,15)(H,16,17). The Morgan fingerprint density at radius 2 is 2.06 bits per heavy atom. The first kappa shape index (κ1) is 13.9. The van der Waals surface area contributed by atoms with E-state index in [-0.39, 0.29) is 24.4 Å². The van der Waals surface area contributed by atoms with Crippen molar-refractivity contribution in [2.24, 2.45) is 5.73 Å². The molecule has 1 aliphatic rings. The quantitative estimate of drug-likeness (QED) is 0.598. The van der Waals surface area contributed by atoms with Crippen molar-refractivity contribution in [3.05, 3.63) is 0 Å². The van der Waals surface area contributed by atoms with Crippen LogP contribution in [0.2, 0.25) is 0 Å². The summed E-state index contributed by atoms with van der Waals surface area (Å²) in [7, 11) is 0. The lowest BCUT2D eigenvalue weighted by Gasteiger charge is -2.29. The summed E-state index contributed by atoms with van der Waals surface area (Å²) in [6.45, 7) is 3.69. The molecular weight excluding hydrogens is 222 g/mol. The predicted octanol–water partition coefficient (Wildman–Crippen LogP) is -0.611. The van der Waals surface area contributed by atoms with Gasteiger partial charge in [-0.3, -0.25) is 14.5 Å². The smallest absolute Gasteiger partial charge is 0.305 e. The summed E-state index contributed by atoms with van der Waals surface area (Å²) in [6.07, 6.45) is 1.78. The fourth-order valence-corrected chi connectivity index (χ4v) is 1.95. The average molecular weight is 243 g/mol. The highest BCUT2D eigenvalue weighted by Crippen LogP contribution is 2.07. The van der Waals surface area contributed by atoms with Crippen molar-refractivity contribution < 1.29 is 14.7 Å². The van der Waals surface area contributed by atoms with Crippen molar-refractivity contribution in [2.75, 3.05) is 19.6 Å². The molecule has 1 rings (SSSR count). The number of carboxylic acid groups (broad SMARTS) is 1. The van der Waals surface area contributed by atoms with Gasteiger partial charge in [0.1, 0.15) is 0 Å². The highest BCUT2D eigenvalue weighted by atomic mass is 16.4. The second kappa shape index (κ2) is 6.56. The Kier molecular flexibility index (Phi) is 5.37. The van der Waals surface area contributed by atoms with Crippen LogP contribution in [0.25, 0.3) is 0 Å². The molecule has 6 heteroatoms. The maximum atomic E-state index is 11.6. The summed E-state index contributed by atoms with van der Waals surface area (Å²) >= 11 is 0. The van der Waals surface area contributed by atoms with E-state index in [1.807, 2.05) is 4.90 Å². The predicted molar refractivity (Wildman–Crippen MR) is 63.5 cm³/mol. The minimum absolute atomic E-state index is 0.0450. The van der Waals surface area contributed by atoms with E-state index < -0.39 is 5.97 Å². The summed E-state index contributed by atoms with van der Waals surface area (Å²) < 4.78 is 0. The number of hydrogen-bond acceptors (Lipinski definition) is 4. The summed E-state index contributed by atoms with van der Waals surface area (Å²) in [5, 5.41) is 11.2. The molecule has 1 unspecified atom stereocenters. The van der Waals surface area contributed by atoms with Crippen molar-refractivity contribution in [1.82, 2.24) is 10.2 Å². The van der Waals surface area contributed by atoms with Crippen LogP contribution in [0.1, 0.15) is 26.2 Å². The van der Waals surface area contributed by atoms with E-state index in [9.17, 15) is 9.59 Å². The SMILES string of the molecule is CC(CC(=O)O)NC(=O)CN1CCC(N)CC1. The summed E-state index contributed by atoms with van der Waals surface area (Å²) in [5.41, 5.74) is 5.77. The third kappa shape index (κ3) is 5.65. The molecule has 0 spiro atoms. The van der Waals surface area contributed by atoms with E-state index in [2.05, 4.69) is 5.32 Å². The van der Waals surface area contributed by atoms with Gasteiger partial charge in [0.05, 0.1) is 13.0 Å². The van der Waals surface area contributed by atoms with Crippen molar-refractivity contribution in [3.8, 4) is 0 Å². The Hall–Kier alpha value is -1.14. The first-order chi connectivity index (χ1) is 7.97. The van der Waals surface area contributed by atoms with E-state index in [0.29, 0.717) is 6.54 Å². The van der Waals surface area contributed by atoms with Gasteiger partial charge in [-0.15, -0.1) is 0 Å². The topological polar surface area (TPSA) is 95.7 Å². The highest BCUT2D eigenvalue weighted by molar-refractivity contribution is 5.79. The Bertz CT molecular complexity index is 275. The van der Waals surface area contributed by atoms with Gasteiger partial charge in [0.2, 0.25) is 5.91 Å². The first-order valence-corrected chi connectivity index (χ1v) is 5.96. The number of piperidine rings is 1. The number of carboxylic acids is 1. The van der Waals surface area contributed by atoms with Crippen LogP contribution in [-0.2, 0) is 9.59 Å². The van der Waals surface area contributed by atoms with Crippen LogP contribution < -0.4 is 11.1 Å². The lowest BCUT2D eigenvalue weighted by molar-refractivity contribution is -0.137. The normalized spacial score (nSPS) is 19.9. The van der Waals surface area contributed by atoms with Gasteiger partial charge in [0, 0.05) is 25.2 Å². The Morgan fingerprint density at radius 1 is 1.47 bits per heavy atom. The molecule has 1 aliphatic heterocycles. The Balaban J connectivity index is 2.22. The lowest BCUT2D eigenvalue weighted by atomic mass is 10.1. The molecule has 1 amide bonds. The van der Waals surface area contributed by atoms with Gasteiger partial charge in [-0.1, -0.05) is 0 Å². The zero-order valence-corrected chi connectivity index (χ0v) is 10.2. The summed E-state index contributed by atoms with van der Waals surface area (Å²) in [6, 6.07) is -0.0766. The number of rotatable bonds is 5. The van der Waals surface area contributed by atoms with E-state index in [0.717, 1.165) is 25.9 Å². The molecule has 0 aromatic carbocycles. The van der Waals surface area contributed by atoms with Crippen molar-refractivity contribution in [1.29, 1.82) is 0 Å². The molecule has 1 saturated heterocycles. The van der Waals surface area contributed by atoms with Crippen molar-refractivity contribution >= 4 is 11.9 Å². The van der Waals surface area contributed by atoms with Gasteiger partial charge < -0.3 is 16.2 Å². The maximum Gasteiger partial charge on any atom is 0.305 e. The number of likely N-dealkylation sites (tertiary alicyclic amines) is 1. The number of carbonyl (C=O) groups is 2. The largest absolute Gasteiger partial charge is 0.481 e. The van der Waals surface area contributed by atoms with E-state index >= 15 is 0 Å². The number of carbonyl (C=O) groups excluding carboxylic acids is 1. The number of nitrogens with one attached hydrogen (secondary N) is 1. The number of aliphatic carboxylic acids is 1. The number of nitrogens with zero attached hydrogens (tertiary/aromatic N) is 1. The van der Waals surface area contributed by atoms with Crippen molar-refractivity contribution in [2.45, 2.75) is 38.3 Å². The minimum atomic E-state index is -0.901. The van der Waals surface area contributed by atoms with Gasteiger partial charge in [-0.05, 0) is 19.8 Å². The van der Waals surface area contributed by atoms with Crippen molar-refractivity contribution in [3.63, 3.8) is 0 Å². The lowest BCUT2D eigenvalue weighted by Crippen LogP contribution is -2.46. The number of amides is 1. The van der Waals surface area contributed by atoms with Crippen LogP contribution in [0.5, 0.6) is 0 Å². The van der Waals surface area contributed by atoms with Gasteiger partial charge in [-0.2, -0.15) is 0 Å². The molecule has 98 valence electrons. The van der Waals surface area contributed by atoms with Crippen LogP contribution in [0.4, 0.5) is 0 Å². The summed E-state index contributed by atoms with van der Waals surface area (Å²) in [4.78, 5) is 24.1. The van der Waals surface area contributed by atoms with E-state index in [4.69, 9.17) is 10.8 Å². The molecule has 1 heterocycles. The molecule has 4 N–H and O–H groups in total. The second-order valence-corrected chi connectivity index (χ2v) is 4.68. The third-order valence-electron chi connectivity index (χ3n) is 2.89. The molecule has 1 atom stereocenters. The maximum absolute atomic E-state index is 11.6. The monoisotopic (exact) mass is 243 g/mol. The molecule has 0 aromatic rings. The molecule has 17 heavy (non-hydrogen) atoms. The Labute approximate surface area is 101 Å². The van der Waals surface area contributed by atoms with Crippen LogP contribution in [0.3, 0.4) is 0 Å². The molecule has 0 aromatic heterocycles. The van der Waals surface area contributed by atoms with Crippen LogP contribution in [0, 0.1) is 0 Å². The molecule has 0 bridgehead atoms. The zero-order chi connectivity index (χ0) is 12.8. The molecule has 1 fully saturated rings. The van der Waals surface area contributed by atoms with E-state index in [1.165, 1.54) is 0 Å². The average Bonchev–Trinajstić information content (AvgIpc) is 2.19. The van der Waals surface area contributed by atoms with Crippen LogP contribution >= 0.6 is 0 Å². The van der Waals surface area contributed by atoms with Crippen LogP contribution in [-0.4, -0.2) is 53.6 Å². The third-order valence-corrected chi connectivity index (χ3v) is 2.89. The molecule has 0 radical (unpaired) electrons. The first-order valence-electron chi connectivity index (χ1n) is 5.96. The highest BCUT2D eigenvalue weighted by Gasteiger charge is 2.19. The molecule has 0 aliphatic carbocycles. The zero-order valence-electron chi connectivity index (χ0n) is 10.2. The number of hydrogen-bond donors (Lipinski definition) is 3. The Morgan fingerprint density at radius 3 is 2.59 bits per heavy atom. The van der Waals surface area contributed by atoms with Gasteiger partial charge >= 0.3 is 5.97 Å². The van der Waals surface area contributed by atoms with Gasteiger partial charge in [0.15, 0.2) is 0 Å².